The molecule has 0 saturated heterocycles. The van der Waals surface area contributed by atoms with Gasteiger partial charge < -0.3 is 9.47 Å². The van der Waals surface area contributed by atoms with E-state index in [1.165, 1.54) is 35.7 Å². The van der Waals surface area contributed by atoms with Gasteiger partial charge in [-0.2, -0.15) is 0 Å². The highest BCUT2D eigenvalue weighted by Gasteiger charge is 2.47. The zero-order valence-electron chi connectivity index (χ0n) is 21.9. The third-order valence-electron chi connectivity index (χ3n) is 5.10. The van der Waals surface area contributed by atoms with Gasteiger partial charge in [-0.3, -0.25) is 18.7 Å². The Morgan fingerprint density at radius 3 is 1.26 bits per heavy atom. The zero-order valence-corrected chi connectivity index (χ0v) is 23.7. The van der Waals surface area contributed by atoms with Crippen LogP contribution in [0.1, 0.15) is 40.5 Å². The summed E-state index contributed by atoms with van der Waals surface area (Å²) in [6.45, 7) is 22.2. The lowest BCUT2D eigenvalue weighted by atomic mass is 10.0. The molecule has 0 radical (unpaired) electrons. The monoisotopic (exact) mass is 532 g/mol. The fourth-order valence-electron chi connectivity index (χ4n) is 3.52. The number of esters is 2. The molecule has 0 N–H and O–H groups in total. The maximum absolute atomic E-state index is 14.2. The van der Waals surface area contributed by atoms with Crippen molar-refractivity contribution >= 4 is 27.0 Å². The Morgan fingerprint density at radius 1 is 0.743 bits per heavy atom. The van der Waals surface area contributed by atoms with Crippen LogP contribution in [0.4, 0.5) is 0 Å². The van der Waals surface area contributed by atoms with Crippen LogP contribution in [0.15, 0.2) is 50.1 Å². The van der Waals surface area contributed by atoms with Crippen LogP contribution < -0.4 is 0 Å². The van der Waals surface area contributed by atoms with Gasteiger partial charge in [-0.15, -0.1) is 13.2 Å². The standard InChI is InChI=1S/C24H42N2O7P2/c1-11-15-25(21(17-19(5)6)23(27)31-9)34(29,13-3)33-35(30,14-4)26(16-12-2)22(18-20(7)8)24(28)32-10/h11-14,19-22H,1-4,15-18H2,5-10H3/t21-,22-,34-,35-/m0/s1. The molecule has 0 bridgehead atoms. The van der Waals surface area contributed by atoms with Gasteiger partial charge in [0.2, 0.25) is 0 Å². The highest BCUT2D eigenvalue weighted by molar-refractivity contribution is 7.72. The number of hydrogen-bond acceptors (Lipinski definition) is 7. The number of methoxy groups -OCH3 is 2. The van der Waals surface area contributed by atoms with Gasteiger partial charge in [-0.1, -0.05) is 53.0 Å². The molecular weight excluding hydrogens is 490 g/mol. The van der Waals surface area contributed by atoms with Crippen molar-refractivity contribution in [2.75, 3.05) is 27.3 Å². The minimum atomic E-state index is -4.17. The van der Waals surface area contributed by atoms with E-state index in [-0.39, 0.29) is 37.8 Å². The molecular formula is C24H42N2O7P2. The molecule has 9 nitrogen and oxygen atoms in total. The predicted molar refractivity (Wildman–Crippen MR) is 141 cm³/mol. The second-order valence-corrected chi connectivity index (χ2v) is 13.4. The fraction of sp³-hybridized carbons (Fsp3) is 0.583. The van der Waals surface area contributed by atoms with Crippen molar-refractivity contribution in [3.8, 4) is 0 Å². The molecule has 0 spiro atoms. The molecule has 35 heavy (non-hydrogen) atoms. The molecule has 0 saturated carbocycles. The third kappa shape index (κ3) is 9.32. The topological polar surface area (TPSA) is 102 Å². The van der Waals surface area contributed by atoms with Crippen molar-refractivity contribution in [2.45, 2.75) is 52.6 Å². The molecule has 0 heterocycles. The molecule has 0 rings (SSSR count). The minimum absolute atomic E-state index is 0.0305. The molecule has 0 fully saturated rings. The maximum atomic E-state index is 14.2. The first-order valence-corrected chi connectivity index (χ1v) is 14.7. The summed E-state index contributed by atoms with van der Waals surface area (Å²) >= 11 is 0. The number of ether oxygens (including phenoxy) is 2. The van der Waals surface area contributed by atoms with Gasteiger partial charge in [0.05, 0.1) is 14.2 Å². The molecule has 0 unspecified atom stereocenters. The average Bonchev–Trinajstić information content (AvgIpc) is 2.81. The lowest BCUT2D eigenvalue weighted by Gasteiger charge is -2.39. The van der Waals surface area contributed by atoms with Crippen molar-refractivity contribution in [2.24, 2.45) is 11.8 Å². The average molecular weight is 533 g/mol. The van der Waals surface area contributed by atoms with Crippen molar-refractivity contribution < 1.29 is 32.5 Å². The number of hydrogen-bond donors (Lipinski definition) is 0. The van der Waals surface area contributed by atoms with Crippen LogP contribution in [0.5, 0.6) is 0 Å². The van der Waals surface area contributed by atoms with E-state index in [2.05, 4.69) is 26.3 Å². The van der Waals surface area contributed by atoms with Crippen molar-refractivity contribution in [1.82, 2.24) is 9.34 Å². The Morgan fingerprint density at radius 2 is 1.06 bits per heavy atom. The van der Waals surface area contributed by atoms with E-state index in [9.17, 15) is 18.7 Å². The molecule has 0 aliphatic carbocycles. The summed E-state index contributed by atoms with van der Waals surface area (Å²) in [6.07, 6.45) is 3.47. The van der Waals surface area contributed by atoms with Gasteiger partial charge in [0.15, 0.2) is 0 Å². The zero-order chi connectivity index (χ0) is 27.4. The highest BCUT2D eigenvalue weighted by atomic mass is 31.2. The fourth-order valence-corrected chi connectivity index (χ4v) is 8.40. The summed E-state index contributed by atoms with van der Waals surface area (Å²) in [5.41, 5.74) is 0. The molecule has 11 heteroatoms. The van der Waals surface area contributed by atoms with Crippen molar-refractivity contribution in [3.05, 3.63) is 50.1 Å². The lowest BCUT2D eigenvalue weighted by Crippen LogP contribution is -2.43. The minimum Gasteiger partial charge on any atom is -0.468 e. The second kappa shape index (κ2) is 15.4. The lowest BCUT2D eigenvalue weighted by molar-refractivity contribution is -0.146. The van der Waals surface area contributed by atoms with Crippen molar-refractivity contribution in [3.63, 3.8) is 0 Å². The van der Waals surface area contributed by atoms with Gasteiger partial charge >= 0.3 is 27.0 Å². The van der Waals surface area contributed by atoms with Crippen LogP contribution in [-0.4, -0.2) is 60.7 Å². The molecule has 0 amide bonds. The highest BCUT2D eigenvalue weighted by Crippen LogP contribution is 2.69. The van der Waals surface area contributed by atoms with Crippen LogP contribution >= 0.6 is 15.0 Å². The molecule has 0 aromatic carbocycles. The van der Waals surface area contributed by atoms with E-state index < -0.39 is 39.1 Å². The molecule has 200 valence electrons. The number of carbonyl (C=O) groups is 2. The Balaban J connectivity index is 6.79. The van der Waals surface area contributed by atoms with Gasteiger partial charge in [0, 0.05) is 24.7 Å². The second-order valence-electron chi connectivity index (χ2n) is 8.73. The quantitative estimate of drug-likeness (QED) is 0.123. The number of rotatable bonds is 18. The largest absolute Gasteiger partial charge is 0.468 e. The summed E-state index contributed by atoms with van der Waals surface area (Å²) in [7, 11) is -5.88. The molecule has 0 aromatic heterocycles. The Hall–Kier alpha value is -1.76. The van der Waals surface area contributed by atoms with Gasteiger partial charge in [-0.05, 0) is 24.7 Å². The van der Waals surface area contributed by atoms with E-state index in [1.54, 1.807) is 0 Å². The summed E-state index contributed by atoms with van der Waals surface area (Å²) in [4.78, 5) is 25.3. The van der Waals surface area contributed by atoms with E-state index in [0.29, 0.717) is 0 Å². The van der Waals surface area contributed by atoms with Crippen LogP contribution in [-0.2, 0) is 32.5 Å². The van der Waals surface area contributed by atoms with Crippen molar-refractivity contribution in [1.29, 1.82) is 0 Å². The Labute approximate surface area is 210 Å². The van der Waals surface area contributed by atoms with Crippen LogP contribution in [0, 0.1) is 11.8 Å². The Kier molecular flexibility index (Phi) is 14.6. The van der Waals surface area contributed by atoms with E-state index in [4.69, 9.17) is 13.8 Å². The van der Waals surface area contributed by atoms with Crippen LogP contribution in [0.2, 0.25) is 0 Å². The summed E-state index contributed by atoms with van der Waals surface area (Å²) in [5.74, 6) is 0.866. The maximum Gasteiger partial charge on any atom is 0.323 e. The summed E-state index contributed by atoms with van der Waals surface area (Å²) < 4.78 is 46.8. The van der Waals surface area contributed by atoms with Crippen LogP contribution in [0.3, 0.4) is 0 Å². The van der Waals surface area contributed by atoms with Gasteiger partial charge in [0.25, 0.3) is 0 Å². The van der Waals surface area contributed by atoms with Gasteiger partial charge in [-0.25, -0.2) is 13.7 Å². The first kappa shape index (κ1) is 33.2. The SMILES string of the molecule is C=CCN([C@@H](CC(C)C)C(=O)OC)[P@](=O)(C=C)O[P@@](=O)(C=C)N(CC=C)[C@@H](CC(C)C)C(=O)OC. The van der Waals surface area contributed by atoms with Gasteiger partial charge in [0.1, 0.15) is 12.1 Å². The first-order chi connectivity index (χ1) is 16.3. The molecule has 0 aliphatic rings. The Bertz CT molecular complexity index is 789. The van der Waals surface area contributed by atoms with E-state index >= 15 is 0 Å². The number of nitrogens with zero attached hydrogens (tertiary/aromatic N) is 2. The summed E-state index contributed by atoms with van der Waals surface area (Å²) in [5, 5.41) is 0. The van der Waals surface area contributed by atoms with Crippen LogP contribution in [0.25, 0.3) is 0 Å². The first-order valence-electron chi connectivity index (χ1n) is 11.4. The molecule has 0 aromatic rings. The predicted octanol–water partition coefficient (Wildman–Crippen LogP) is 5.83. The smallest absolute Gasteiger partial charge is 0.323 e. The third-order valence-corrected chi connectivity index (χ3v) is 10.2. The molecule has 4 atom stereocenters. The van der Waals surface area contributed by atoms with E-state index in [1.807, 2.05) is 27.7 Å². The van der Waals surface area contributed by atoms with E-state index in [0.717, 1.165) is 11.6 Å². The molecule has 0 aliphatic heterocycles. The summed E-state index contributed by atoms with van der Waals surface area (Å²) in [6, 6.07) is -1.97. The normalized spacial score (nSPS) is 16.7. The number of carbonyl (C=O) groups excluding carboxylic acids is 2.